The molecule has 4 heteroatoms. The lowest BCUT2D eigenvalue weighted by Crippen LogP contribution is -2.34. The fourth-order valence-corrected chi connectivity index (χ4v) is 2.05. The molecule has 0 heterocycles. The first-order valence-electron chi connectivity index (χ1n) is 6.54. The van der Waals surface area contributed by atoms with E-state index in [0.29, 0.717) is 18.5 Å². The van der Waals surface area contributed by atoms with Gasteiger partial charge in [-0.15, -0.1) is 0 Å². The molecule has 20 heavy (non-hydrogen) atoms. The second kappa shape index (κ2) is 7.03. The summed E-state index contributed by atoms with van der Waals surface area (Å²) in [6.07, 6.45) is 0.674. The summed E-state index contributed by atoms with van der Waals surface area (Å²) in [7, 11) is 0. The number of phenolic OH excluding ortho intramolecular Hbond substituents is 1. The Hall–Kier alpha value is -1.91. The quantitative estimate of drug-likeness (QED) is 0.757. The van der Waals surface area contributed by atoms with Gasteiger partial charge in [0.05, 0.1) is 6.61 Å². The number of aliphatic hydroxyl groups is 1. The number of hydrogen-bond acceptors (Lipinski definition) is 3. The van der Waals surface area contributed by atoms with Crippen molar-refractivity contribution in [3.8, 4) is 5.75 Å². The third-order valence-electron chi connectivity index (χ3n) is 3.17. The SMILES string of the molecule is OCC(Cc1ccccc1)NCc1cc(F)ccc1O. The molecule has 2 aromatic rings. The summed E-state index contributed by atoms with van der Waals surface area (Å²) < 4.78 is 13.1. The van der Waals surface area contributed by atoms with Crippen molar-refractivity contribution in [3.63, 3.8) is 0 Å². The lowest BCUT2D eigenvalue weighted by molar-refractivity contribution is 0.240. The Morgan fingerprint density at radius 3 is 2.55 bits per heavy atom. The highest BCUT2D eigenvalue weighted by atomic mass is 19.1. The molecule has 0 amide bonds. The van der Waals surface area contributed by atoms with E-state index in [4.69, 9.17) is 0 Å². The molecular formula is C16H18FNO2. The molecule has 0 saturated carbocycles. The predicted octanol–water partition coefficient (Wildman–Crippen LogP) is 2.22. The Bertz CT molecular complexity index is 545. The molecule has 1 unspecified atom stereocenters. The van der Waals surface area contributed by atoms with E-state index in [1.807, 2.05) is 30.3 Å². The minimum atomic E-state index is -0.386. The van der Waals surface area contributed by atoms with Gasteiger partial charge in [0, 0.05) is 18.2 Å². The fourth-order valence-electron chi connectivity index (χ4n) is 2.05. The summed E-state index contributed by atoms with van der Waals surface area (Å²) in [6.45, 7) is 0.284. The van der Waals surface area contributed by atoms with Crippen molar-refractivity contribution in [3.05, 3.63) is 65.5 Å². The second-order valence-electron chi connectivity index (χ2n) is 4.72. The maximum absolute atomic E-state index is 13.1. The molecule has 0 aromatic heterocycles. The van der Waals surface area contributed by atoms with E-state index in [1.165, 1.54) is 18.2 Å². The van der Waals surface area contributed by atoms with E-state index in [0.717, 1.165) is 5.56 Å². The van der Waals surface area contributed by atoms with Crippen LogP contribution in [0, 0.1) is 5.82 Å². The Labute approximate surface area is 117 Å². The van der Waals surface area contributed by atoms with E-state index in [-0.39, 0.29) is 24.2 Å². The van der Waals surface area contributed by atoms with Gasteiger partial charge in [-0.3, -0.25) is 0 Å². The number of rotatable bonds is 6. The number of hydrogen-bond donors (Lipinski definition) is 3. The van der Waals surface area contributed by atoms with Gasteiger partial charge in [0.2, 0.25) is 0 Å². The first-order chi connectivity index (χ1) is 9.69. The molecule has 0 aliphatic heterocycles. The maximum atomic E-state index is 13.1. The smallest absolute Gasteiger partial charge is 0.123 e. The molecule has 2 rings (SSSR count). The summed E-state index contributed by atoms with van der Waals surface area (Å²) in [4.78, 5) is 0. The van der Waals surface area contributed by atoms with Gasteiger partial charge in [0.1, 0.15) is 11.6 Å². The van der Waals surface area contributed by atoms with Gasteiger partial charge in [-0.1, -0.05) is 30.3 Å². The highest BCUT2D eigenvalue weighted by molar-refractivity contribution is 5.32. The van der Waals surface area contributed by atoms with Crippen LogP contribution in [0.3, 0.4) is 0 Å². The van der Waals surface area contributed by atoms with Crippen LogP contribution in [0.4, 0.5) is 4.39 Å². The van der Waals surface area contributed by atoms with Crippen LogP contribution in [-0.4, -0.2) is 22.9 Å². The van der Waals surface area contributed by atoms with Crippen LogP contribution in [0.2, 0.25) is 0 Å². The van der Waals surface area contributed by atoms with Crippen LogP contribution in [0.5, 0.6) is 5.75 Å². The standard InChI is InChI=1S/C16H18FNO2/c17-14-6-7-16(20)13(9-14)10-18-15(11-19)8-12-4-2-1-3-5-12/h1-7,9,15,18-20H,8,10-11H2. The van der Waals surface area contributed by atoms with Crippen LogP contribution in [-0.2, 0) is 13.0 Å². The van der Waals surface area contributed by atoms with Gasteiger partial charge in [0.15, 0.2) is 0 Å². The highest BCUT2D eigenvalue weighted by Crippen LogP contribution is 2.17. The molecule has 1 atom stereocenters. The largest absolute Gasteiger partial charge is 0.508 e. The van der Waals surface area contributed by atoms with Crippen molar-refractivity contribution in [2.24, 2.45) is 0 Å². The van der Waals surface area contributed by atoms with E-state index in [2.05, 4.69) is 5.32 Å². The first-order valence-corrected chi connectivity index (χ1v) is 6.54. The van der Waals surface area contributed by atoms with Gasteiger partial charge in [0.25, 0.3) is 0 Å². The van der Waals surface area contributed by atoms with Gasteiger partial charge < -0.3 is 15.5 Å². The zero-order valence-corrected chi connectivity index (χ0v) is 11.1. The maximum Gasteiger partial charge on any atom is 0.123 e. The Balaban J connectivity index is 1.95. The molecule has 0 saturated heterocycles. The van der Waals surface area contributed by atoms with Crippen LogP contribution in [0.25, 0.3) is 0 Å². The van der Waals surface area contributed by atoms with Crippen molar-refractivity contribution in [2.75, 3.05) is 6.61 Å². The molecule has 0 aliphatic rings. The van der Waals surface area contributed by atoms with Crippen molar-refractivity contribution in [2.45, 2.75) is 19.0 Å². The summed E-state index contributed by atoms with van der Waals surface area (Å²) in [5.41, 5.74) is 1.60. The summed E-state index contributed by atoms with van der Waals surface area (Å²) in [6, 6.07) is 13.5. The average molecular weight is 275 g/mol. The summed E-state index contributed by atoms with van der Waals surface area (Å²) >= 11 is 0. The zero-order valence-electron chi connectivity index (χ0n) is 11.1. The molecule has 3 N–H and O–H groups in total. The van der Waals surface area contributed by atoms with Crippen LogP contribution < -0.4 is 5.32 Å². The third kappa shape index (κ3) is 4.05. The van der Waals surface area contributed by atoms with E-state index >= 15 is 0 Å². The van der Waals surface area contributed by atoms with Crippen LogP contribution in [0.15, 0.2) is 48.5 Å². The molecule has 0 spiro atoms. The van der Waals surface area contributed by atoms with E-state index < -0.39 is 0 Å². The Morgan fingerprint density at radius 1 is 1.10 bits per heavy atom. The van der Waals surface area contributed by atoms with Crippen molar-refractivity contribution >= 4 is 0 Å². The summed E-state index contributed by atoms with van der Waals surface area (Å²) in [5, 5.41) is 22.2. The average Bonchev–Trinajstić information content (AvgIpc) is 2.47. The van der Waals surface area contributed by atoms with Crippen LogP contribution >= 0.6 is 0 Å². The monoisotopic (exact) mass is 275 g/mol. The predicted molar refractivity (Wildman–Crippen MR) is 75.9 cm³/mol. The molecule has 106 valence electrons. The van der Waals surface area contributed by atoms with Crippen molar-refractivity contribution in [1.82, 2.24) is 5.32 Å². The van der Waals surface area contributed by atoms with Gasteiger partial charge in [-0.2, -0.15) is 0 Å². The lowest BCUT2D eigenvalue weighted by atomic mass is 10.1. The highest BCUT2D eigenvalue weighted by Gasteiger charge is 2.10. The van der Waals surface area contributed by atoms with Crippen LogP contribution in [0.1, 0.15) is 11.1 Å². The minimum Gasteiger partial charge on any atom is -0.508 e. The normalized spacial score (nSPS) is 12.3. The second-order valence-corrected chi connectivity index (χ2v) is 4.72. The topological polar surface area (TPSA) is 52.5 Å². The number of halogens is 1. The first kappa shape index (κ1) is 14.5. The Kier molecular flexibility index (Phi) is 5.09. The van der Waals surface area contributed by atoms with Crippen molar-refractivity contribution < 1.29 is 14.6 Å². The lowest BCUT2D eigenvalue weighted by Gasteiger charge is -2.17. The molecule has 3 nitrogen and oxygen atoms in total. The zero-order chi connectivity index (χ0) is 14.4. The molecule has 0 fully saturated rings. The molecule has 0 bridgehead atoms. The summed E-state index contributed by atoms with van der Waals surface area (Å²) in [5.74, 6) is -0.335. The Morgan fingerprint density at radius 2 is 1.85 bits per heavy atom. The minimum absolute atomic E-state index is 0.0228. The number of benzene rings is 2. The number of nitrogens with one attached hydrogen (secondary N) is 1. The molecular weight excluding hydrogens is 257 g/mol. The van der Waals surface area contributed by atoms with E-state index in [9.17, 15) is 14.6 Å². The van der Waals surface area contributed by atoms with Gasteiger partial charge >= 0.3 is 0 Å². The number of aromatic hydroxyl groups is 1. The fraction of sp³-hybridized carbons (Fsp3) is 0.250. The van der Waals surface area contributed by atoms with E-state index in [1.54, 1.807) is 0 Å². The third-order valence-corrected chi connectivity index (χ3v) is 3.17. The molecule has 0 radical (unpaired) electrons. The number of phenols is 1. The number of aliphatic hydroxyl groups excluding tert-OH is 1. The van der Waals surface area contributed by atoms with Crippen molar-refractivity contribution in [1.29, 1.82) is 0 Å². The van der Waals surface area contributed by atoms with Gasteiger partial charge in [-0.25, -0.2) is 4.39 Å². The van der Waals surface area contributed by atoms with Gasteiger partial charge in [-0.05, 0) is 30.2 Å². The molecule has 2 aromatic carbocycles. The molecule has 0 aliphatic carbocycles.